The molecule has 0 aromatic rings. The van der Waals surface area contributed by atoms with Crippen molar-refractivity contribution in [1.29, 1.82) is 0 Å². The van der Waals surface area contributed by atoms with Crippen LogP contribution in [-0.2, 0) is 131 Å². The predicted molar refractivity (Wildman–Crippen MR) is 80.3 cm³/mol. The van der Waals surface area contributed by atoms with Gasteiger partial charge in [-0.25, -0.2) is 0 Å². The van der Waals surface area contributed by atoms with Gasteiger partial charge in [-0.2, -0.15) is 26.6 Å². The number of rotatable bonds is 0. The second kappa shape index (κ2) is 217. The van der Waals surface area contributed by atoms with Crippen LogP contribution >= 0.6 is 0 Å². The minimum atomic E-state index is -0.167. The Balaban J connectivity index is -0.00000000389. The molecular weight excluding hydrogens is 524 g/mol. The zero-order valence-electron chi connectivity index (χ0n) is 12.3. The first-order valence-corrected chi connectivity index (χ1v) is 3.39. The number of hydrogen-bond donors (Lipinski definition) is 0. The van der Waals surface area contributed by atoms with E-state index in [1.165, 1.54) is 0 Å². The van der Waals surface area contributed by atoms with Gasteiger partial charge in [-0.05, 0) is 2.74 Å². The van der Waals surface area contributed by atoms with Crippen LogP contribution in [-0.4, -0.2) is 0 Å². The van der Waals surface area contributed by atoms with E-state index in [1.807, 2.05) is 0 Å². The summed E-state index contributed by atoms with van der Waals surface area (Å²) in [5, 5.41) is 0. The Morgan fingerprint density at radius 3 is 0.611 bits per heavy atom. The van der Waals surface area contributed by atoms with Crippen LogP contribution in [0.5, 0.6) is 0 Å². The summed E-state index contributed by atoms with van der Waals surface area (Å²) in [6.07, 6.45) is -0.333. The molecule has 4 heteroatoms. The zero-order valence-corrected chi connectivity index (χ0v) is 21.6. The molecule has 0 saturated carbocycles. The van der Waals surface area contributed by atoms with Crippen molar-refractivity contribution in [3.05, 3.63) is 27.7 Å². The summed E-state index contributed by atoms with van der Waals surface area (Å²) in [6, 6.07) is 0. The molecule has 0 nitrogen and oxygen atoms in total. The van der Waals surface area contributed by atoms with Gasteiger partial charge in [0.05, 0.1) is 0 Å². The van der Waals surface area contributed by atoms with Gasteiger partial charge < -0.3 is 27.7 Å². The molecule has 112 valence electrons. The standard InChI is InChI=1S/2C3H7.2C2H5.4CH4.4Y/c2*1-3-2;2*1-2;;;;;;;;/h2*1,3H2,2H3;2*1H2,2H3;4*1H4;;;;/q4*-1;;;;;;;;/i2*3T;;;;;;;;;;. The van der Waals surface area contributed by atoms with E-state index in [-0.39, 0.29) is 173 Å². The van der Waals surface area contributed by atoms with Crippen molar-refractivity contribution in [2.24, 2.45) is 0 Å². The van der Waals surface area contributed by atoms with Gasteiger partial charge in [0.2, 0.25) is 0 Å². The SMILES string of the molecule is C.C.C.C.[3H]C([CH2-])C.[3H]C([CH2-])C.[CH2-]C.[CH2-]C.[Y].[Y].[Y].[Y]. The number of hydrogen-bond acceptors (Lipinski definition) is 0. The molecule has 0 amide bonds. The third-order valence-corrected chi connectivity index (χ3v) is 0. The molecule has 2 atom stereocenters. The summed E-state index contributed by atoms with van der Waals surface area (Å²) in [7, 11) is 0. The second-order valence-corrected chi connectivity index (χ2v) is 0.816. The van der Waals surface area contributed by atoms with Crippen LogP contribution < -0.4 is 0 Å². The first kappa shape index (κ1) is 66.7. The molecule has 0 aromatic heterocycles. The van der Waals surface area contributed by atoms with Crippen molar-refractivity contribution < 1.29 is 134 Å². The van der Waals surface area contributed by atoms with E-state index in [1.54, 1.807) is 27.7 Å². The normalized spacial score (nSPS) is 7.78. The maximum Gasteiger partial charge on any atom is 0 e. The quantitative estimate of drug-likeness (QED) is 0.287. The third kappa shape index (κ3) is 395. The van der Waals surface area contributed by atoms with Gasteiger partial charge >= 0.3 is 0 Å². The molecule has 0 rings (SSSR count). The molecule has 4 radical (unpaired) electrons. The molecule has 0 bridgehead atoms. The minimum absolute atomic E-state index is 0. The van der Waals surface area contributed by atoms with Gasteiger partial charge in [0.25, 0.3) is 0 Å². The van der Waals surface area contributed by atoms with E-state index < -0.39 is 0 Å². The topological polar surface area (TPSA) is 0 Å². The minimum Gasteiger partial charge on any atom is -0.346 e. The summed E-state index contributed by atoms with van der Waals surface area (Å²) in [4.78, 5) is 0. The largest absolute Gasteiger partial charge is 0.346 e. The van der Waals surface area contributed by atoms with Crippen molar-refractivity contribution in [1.82, 2.24) is 0 Å². The smallest absolute Gasteiger partial charge is 0 e. The summed E-state index contributed by atoms with van der Waals surface area (Å²) in [6.45, 7) is 20.1. The molecule has 0 heterocycles. The molecule has 0 saturated heterocycles. The van der Waals surface area contributed by atoms with Crippen LogP contribution in [0.4, 0.5) is 0 Å². The van der Waals surface area contributed by atoms with Crippen LogP contribution in [0.2, 0.25) is 0 Å². The van der Waals surface area contributed by atoms with Crippen LogP contribution in [0.3, 0.4) is 0 Å². The van der Waals surface area contributed by atoms with Crippen molar-refractivity contribution in [3.63, 3.8) is 0 Å². The third-order valence-electron chi connectivity index (χ3n) is 0. The van der Waals surface area contributed by atoms with Gasteiger partial charge in [-0.3, -0.25) is 0 Å². The van der Waals surface area contributed by atoms with Crippen LogP contribution in [0.1, 0.15) is 72.9 Å². The van der Waals surface area contributed by atoms with Crippen molar-refractivity contribution in [2.45, 2.75) is 70.2 Å². The fourth-order valence-electron chi connectivity index (χ4n) is 0. The summed E-state index contributed by atoms with van der Waals surface area (Å²) in [5.41, 5.74) is 0. The molecule has 0 N–H and O–H groups in total. The fraction of sp³-hybridized carbons (Fsp3) is 0.714. The Hall–Kier alpha value is 4.42. The van der Waals surface area contributed by atoms with Crippen LogP contribution in [0.25, 0.3) is 0 Å². The van der Waals surface area contributed by atoms with E-state index in [4.69, 9.17) is 2.74 Å². The monoisotopic (exact) mass is 568 g/mol. The maximum atomic E-state index is 6.47. The van der Waals surface area contributed by atoms with Crippen LogP contribution in [0, 0.1) is 27.7 Å². The van der Waals surface area contributed by atoms with Crippen molar-refractivity contribution in [2.75, 3.05) is 0 Å². The fourth-order valence-corrected chi connectivity index (χ4v) is 0. The Labute approximate surface area is 227 Å². The van der Waals surface area contributed by atoms with E-state index in [0.717, 1.165) is 0 Å². The van der Waals surface area contributed by atoms with Gasteiger partial charge in [-0.15, -0.1) is 0 Å². The van der Waals surface area contributed by atoms with Gasteiger partial charge in [-0.1, -0.05) is 43.6 Å². The van der Waals surface area contributed by atoms with E-state index in [2.05, 4.69) is 27.7 Å². The maximum absolute atomic E-state index is 6.47. The molecule has 0 aliphatic rings. The van der Waals surface area contributed by atoms with E-state index in [9.17, 15) is 0 Å². The molecule has 0 spiro atoms. The molecule has 18 heavy (non-hydrogen) atoms. The Bertz CT molecular complexity index is 38.6. The molecule has 0 aliphatic heterocycles. The summed E-state index contributed by atoms with van der Waals surface area (Å²) in [5.74, 6) is 0. The van der Waals surface area contributed by atoms with Gasteiger partial charge in [0, 0.05) is 131 Å². The molecule has 0 fully saturated rings. The molecular formula is C14H40Y4-4. The Morgan fingerprint density at radius 1 is 0.611 bits per heavy atom. The average molecular weight is 568 g/mol. The van der Waals surface area contributed by atoms with Crippen molar-refractivity contribution >= 4 is 0 Å². The Morgan fingerprint density at radius 2 is 0.611 bits per heavy atom. The molecule has 0 aliphatic carbocycles. The van der Waals surface area contributed by atoms with Gasteiger partial charge in [0.15, 0.2) is 0 Å². The summed E-state index contributed by atoms with van der Waals surface area (Å²) >= 11 is 0. The first-order valence-electron chi connectivity index (χ1n) is 4.54. The van der Waals surface area contributed by atoms with E-state index >= 15 is 0 Å². The zero-order chi connectivity index (χ0) is 11.2. The van der Waals surface area contributed by atoms with E-state index in [0.29, 0.717) is 0 Å². The van der Waals surface area contributed by atoms with Crippen LogP contribution in [0.15, 0.2) is 0 Å². The second-order valence-electron chi connectivity index (χ2n) is 0.816. The van der Waals surface area contributed by atoms with Crippen molar-refractivity contribution in [3.8, 4) is 0 Å². The first-order chi connectivity index (χ1) is 5.46. The average Bonchev–Trinajstić information content (AvgIpc) is 1.93. The molecule has 0 aromatic carbocycles. The van der Waals surface area contributed by atoms with Gasteiger partial charge in [0.1, 0.15) is 0 Å². The Kier molecular flexibility index (Phi) is 803. The molecule has 2 unspecified atom stereocenters. The predicted octanol–water partition coefficient (Wildman–Crippen LogP) is 6.68. The summed E-state index contributed by atoms with van der Waals surface area (Å²) < 4.78 is 12.9.